The van der Waals surface area contributed by atoms with E-state index < -0.39 is 17.9 Å². The summed E-state index contributed by atoms with van der Waals surface area (Å²) in [6.45, 7) is 0.305. The minimum Gasteiger partial charge on any atom is -0.481 e. The second-order valence-corrected chi connectivity index (χ2v) is 8.69. The number of benzene rings is 3. The first-order chi connectivity index (χ1) is 14.0. The van der Waals surface area contributed by atoms with E-state index in [1.165, 1.54) is 0 Å². The van der Waals surface area contributed by atoms with Crippen LogP contribution >= 0.6 is 31.9 Å². The molecule has 29 heavy (non-hydrogen) atoms. The Balaban J connectivity index is 1.89. The highest BCUT2D eigenvalue weighted by Crippen LogP contribution is 2.44. The van der Waals surface area contributed by atoms with Crippen molar-refractivity contribution in [1.82, 2.24) is 4.90 Å². The number of halogens is 2. The highest BCUT2D eigenvalue weighted by molar-refractivity contribution is 9.10. The maximum Gasteiger partial charge on any atom is 0.313 e. The molecule has 0 saturated carbocycles. The van der Waals surface area contributed by atoms with Crippen molar-refractivity contribution in [3.63, 3.8) is 0 Å². The van der Waals surface area contributed by atoms with Gasteiger partial charge >= 0.3 is 5.97 Å². The molecule has 146 valence electrons. The Morgan fingerprint density at radius 1 is 0.931 bits per heavy atom. The van der Waals surface area contributed by atoms with Gasteiger partial charge in [-0.1, -0.05) is 80.4 Å². The van der Waals surface area contributed by atoms with Crippen molar-refractivity contribution < 1.29 is 14.7 Å². The topological polar surface area (TPSA) is 57.6 Å². The molecule has 6 heteroatoms. The van der Waals surface area contributed by atoms with Crippen LogP contribution in [0, 0.1) is 0 Å². The number of fused-ring (bicyclic) bond motifs is 1. The van der Waals surface area contributed by atoms with E-state index in [0.29, 0.717) is 17.7 Å². The number of aliphatic carboxylic acids is 1. The zero-order valence-electron chi connectivity index (χ0n) is 15.3. The summed E-state index contributed by atoms with van der Waals surface area (Å²) < 4.78 is 1.78. The van der Waals surface area contributed by atoms with Crippen LogP contribution in [0.5, 0.6) is 0 Å². The number of carboxylic acids is 1. The largest absolute Gasteiger partial charge is 0.481 e. The Morgan fingerprint density at radius 2 is 1.59 bits per heavy atom. The first kappa shape index (κ1) is 19.9. The monoisotopic (exact) mass is 513 g/mol. The molecule has 0 radical (unpaired) electrons. The van der Waals surface area contributed by atoms with Gasteiger partial charge in [-0.25, -0.2) is 0 Å². The summed E-state index contributed by atoms with van der Waals surface area (Å²) in [4.78, 5) is 27.5. The fourth-order valence-electron chi connectivity index (χ4n) is 3.87. The molecule has 1 heterocycles. The Bertz CT molecular complexity index is 1080. The Hall–Kier alpha value is -2.44. The molecule has 1 aliphatic rings. The van der Waals surface area contributed by atoms with Crippen molar-refractivity contribution in [1.29, 1.82) is 0 Å². The van der Waals surface area contributed by atoms with Crippen LogP contribution in [-0.2, 0) is 11.3 Å². The molecule has 4 rings (SSSR count). The molecule has 1 N–H and O–H groups in total. The van der Waals surface area contributed by atoms with Crippen molar-refractivity contribution >= 4 is 43.7 Å². The van der Waals surface area contributed by atoms with Crippen LogP contribution in [0.1, 0.15) is 39.0 Å². The van der Waals surface area contributed by atoms with Gasteiger partial charge in [-0.2, -0.15) is 0 Å². The number of carbonyl (C=O) groups excluding carboxylic acids is 1. The number of amides is 1. The smallest absolute Gasteiger partial charge is 0.313 e. The average Bonchev–Trinajstić information content (AvgIpc) is 2.72. The lowest BCUT2D eigenvalue weighted by atomic mass is 9.79. The van der Waals surface area contributed by atoms with E-state index >= 15 is 0 Å². The van der Waals surface area contributed by atoms with Crippen molar-refractivity contribution in [2.24, 2.45) is 0 Å². The molecule has 0 aliphatic carbocycles. The standard InChI is InChI=1S/C23H17Br2NO3/c24-16-11-9-14(10-12-16)21-20(23(28)29)17-6-2-3-7-18(17)22(27)26(21)13-15-5-1-4-8-19(15)25/h1-12,20-21H,13H2,(H,28,29). The number of rotatable bonds is 4. The summed E-state index contributed by atoms with van der Waals surface area (Å²) in [6.07, 6.45) is 0. The van der Waals surface area contributed by atoms with Crippen molar-refractivity contribution in [2.45, 2.75) is 18.5 Å². The fraction of sp³-hybridized carbons (Fsp3) is 0.130. The number of hydrogen-bond donors (Lipinski definition) is 1. The van der Waals surface area contributed by atoms with Crippen molar-refractivity contribution in [3.05, 3.63) is 104 Å². The van der Waals surface area contributed by atoms with Gasteiger partial charge in [0.15, 0.2) is 0 Å². The third kappa shape index (κ3) is 3.74. The minimum atomic E-state index is -0.949. The summed E-state index contributed by atoms with van der Waals surface area (Å²) in [5.74, 6) is -1.97. The molecule has 0 aromatic heterocycles. The summed E-state index contributed by atoms with van der Waals surface area (Å²) in [5, 5.41) is 10.1. The van der Waals surface area contributed by atoms with Gasteiger partial charge in [-0.05, 0) is 41.0 Å². The molecular weight excluding hydrogens is 498 g/mol. The van der Waals surface area contributed by atoms with Gasteiger partial charge in [0.1, 0.15) is 5.92 Å². The summed E-state index contributed by atoms with van der Waals surface area (Å²) >= 11 is 6.97. The van der Waals surface area contributed by atoms with Gasteiger partial charge in [0.2, 0.25) is 0 Å². The highest BCUT2D eigenvalue weighted by Gasteiger charge is 2.44. The third-order valence-corrected chi connectivity index (χ3v) is 6.52. The average molecular weight is 515 g/mol. The second-order valence-electron chi connectivity index (χ2n) is 6.92. The Kier molecular flexibility index (Phi) is 5.56. The van der Waals surface area contributed by atoms with E-state index in [9.17, 15) is 14.7 Å². The molecule has 4 nitrogen and oxygen atoms in total. The molecule has 0 spiro atoms. The number of hydrogen-bond acceptors (Lipinski definition) is 2. The molecule has 2 atom stereocenters. The van der Waals surface area contributed by atoms with Gasteiger partial charge < -0.3 is 10.0 Å². The molecule has 1 amide bonds. The second kappa shape index (κ2) is 8.13. The van der Waals surface area contributed by atoms with Gasteiger partial charge in [-0.15, -0.1) is 0 Å². The summed E-state index contributed by atoms with van der Waals surface area (Å²) in [7, 11) is 0. The zero-order chi connectivity index (χ0) is 20.5. The number of carboxylic acid groups (broad SMARTS) is 1. The highest BCUT2D eigenvalue weighted by atomic mass is 79.9. The van der Waals surface area contributed by atoms with E-state index in [0.717, 1.165) is 20.1 Å². The van der Waals surface area contributed by atoms with Gasteiger partial charge in [-0.3, -0.25) is 9.59 Å². The molecule has 0 saturated heterocycles. The van der Waals surface area contributed by atoms with E-state index in [1.807, 2.05) is 48.5 Å². The van der Waals surface area contributed by atoms with E-state index in [4.69, 9.17) is 0 Å². The van der Waals surface area contributed by atoms with Gasteiger partial charge in [0.05, 0.1) is 6.04 Å². The number of nitrogens with zero attached hydrogens (tertiary/aromatic N) is 1. The minimum absolute atomic E-state index is 0.165. The lowest BCUT2D eigenvalue weighted by Crippen LogP contribution is -2.44. The predicted octanol–water partition coefficient (Wildman–Crippen LogP) is 5.78. The quantitative estimate of drug-likeness (QED) is 0.480. The van der Waals surface area contributed by atoms with E-state index in [1.54, 1.807) is 29.2 Å². The molecule has 3 aromatic rings. The normalized spacial score (nSPS) is 18.4. The molecule has 1 aliphatic heterocycles. The van der Waals surface area contributed by atoms with E-state index in [2.05, 4.69) is 31.9 Å². The molecule has 3 aromatic carbocycles. The first-order valence-corrected chi connectivity index (χ1v) is 10.7. The number of carbonyl (C=O) groups is 2. The van der Waals surface area contributed by atoms with Crippen LogP contribution in [0.4, 0.5) is 0 Å². The van der Waals surface area contributed by atoms with Crippen LogP contribution in [0.15, 0.2) is 81.7 Å². The molecule has 2 unspecified atom stereocenters. The van der Waals surface area contributed by atoms with Crippen molar-refractivity contribution in [2.75, 3.05) is 0 Å². The van der Waals surface area contributed by atoms with Crippen LogP contribution in [0.3, 0.4) is 0 Å². The lowest BCUT2D eigenvalue weighted by molar-refractivity contribution is -0.140. The Morgan fingerprint density at radius 3 is 2.28 bits per heavy atom. The summed E-state index contributed by atoms with van der Waals surface area (Å²) in [6, 6.07) is 21.5. The van der Waals surface area contributed by atoms with Crippen LogP contribution in [0.25, 0.3) is 0 Å². The summed E-state index contributed by atoms with van der Waals surface area (Å²) in [5.41, 5.74) is 2.71. The maximum absolute atomic E-state index is 13.5. The van der Waals surface area contributed by atoms with Crippen LogP contribution in [0.2, 0.25) is 0 Å². The fourth-order valence-corrected chi connectivity index (χ4v) is 4.55. The lowest BCUT2D eigenvalue weighted by Gasteiger charge is -2.41. The Labute approximate surface area is 185 Å². The SMILES string of the molecule is O=C(O)C1c2ccccc2C(=O)N(Cc2ccccc2Br)C1c1ccc(Br)cc1. The van der Waals surface area contributed by atoms with Crippen LogP contribution < -0.4 is 0 Å². The van der Waals surface area contributed by atoms with Crippen LogP contribution in [-0.4, -0.2) is 21.9 Å². The first-order valence-electron chi connectivity index (χ1n) is 9.09. The third-order valence-electron chi connectivity index (χ3n) is 5.21. The molecule has 0 bridgehead atoms. The zero-order valence-corrected chi connectivity index (χ0v) is 18.4. The molecule has 0 fully saturated rings. The maximum atomic E-state index is 13.5. The van der Waals surface area contributed by atoms with Gasteiger partial charge in [0, 0.05) is 21.1 Å². The van der Waals surface area contributed by atoms with Crippen molar-refractivity contribution in [3.8, 4) is 0 Å². The predicted molar refractivity (Wildman–Crippen MR) is 118 cm³/mol. The van der Waals surface area contributed by atoms with Gasteiger partial charge in [0.25, 0.3) is 5.91 Å². The van der Waals surface area contributed by atoms with E-state index in [-0.39, 0.29) is 5.91 Å². The molecular formula is C23H17Br2NO3.